The fraction of sp³-hybridized carbons (Fsp3) is 0. The third-order valence-electron chi connectivity index (χ3n) is 0. The molecule has 0 aromatic heterocycles. The third kappa shape index (κ3) is 9.57. The fourth-order valence-corrected chi connectivity index (χ4v) is 0. The van der Waals surface area contributed by atoms with Crippen LogP contribution in [-0.4, -0.2) is 49.8 Å². The molecule has 16 valence electrons. The summed E-state index contributed by atoms with van der Waals surface area (Å²) in [6.45, 7) is 0. The van der Waals surface area contributed by atoms with Crippen molar-refractivity contribution in [3.8, 4) is 0 Å². The average molecular weight is 303 g/mol. The van der Waals surface area contributed by atoms with Crippen LogP contribution in [0.1, 0.15) is 2.85 Å². The minimum atomic E-state index is 0. The standard InChI is InChI=1S/In.K.Na.Sn.7H/q;2*+1;;;;;;;2*-1. The molecule has 0 aromatic rings. The van der Waals surface area contributed by atoms with Gasteiger partial charge in [-0.25, -0.2) is 0 Å². The molecule has 0 N–H and O–H groups in total. The van der Waals surface area contributed by atoms with Crippen molar-refractivity contribution in [2.75, 3.05) is 0 Å². The van der Waals surface area contributed by atoms with Crippen LogP contribution >= 0.6 is 0 Å². The van der Waals surface area contributed by atoms with Gasteiger partial charge in [0.15, 0.2) is 0 Å². The average Bonchev–Trinajstić information content (AvgIpc) is 0. The van der Waals surface area contributed by atoms with Gasteiger partial charge in [0.05, 0.1) is 0 Å². The van der Waals surface area contributed by atoms with Gasteiger partial charge in [0, 0.05) is 0 Å². The SMILES string of the molecule is [H-].[H-].[InH3].[K+].[Na+].[SnH2]. The quantitative estimate of drug-likeness (QED) is 0.390. The first-order chi connectivity index (χ1) is 0. The molecule has 0 aliphatic heterocycles. The summed E-state index contributed by atoms with van der Waals surface area (Å²) in [5, 5.41) is 0. The molecule has 0 amide bonds. The van der Waals surface area contributed by atoms with Crippen molar-refractivity contribution in [2.45, 2.75) is 0 Å². The summed E-state index contributed by atoms with van der Waals surface area (Å²) in [6, 6.07) is 0. The Labute approximate surface area is 130 Å². The molecule has 0 aromatic carbocycles. The van der Waals surface area contributed by atoms with Crippen molar-refractivity contribution < 1.29 is 83.8 Å². The second-order valence-corrected chi connectivity index (χ2v) is 0. The Morgan fingerprint density at radius 2 is 1.25 bits per heavy atom. The molecule has 0 atom stereocenters. The molecule has 0 fully saturated rings. The van der Waals surface area contributed by atoms with Crippen LogP contribution in [0.25, 0.3) is 0 Å². The Bertz CT molecular complexity index is 13.5. The zero-order valence-corrected chi connectivity index (χ0v) is 11.9. The van der Waals surface area contributed by atoms with E-state index in [4.69, 9.17) is 0 Å². The van der Waals surface area contributed by atoms with Crippen molar-refractivity contribution in [1.82, 2.24) is 0 Å². The van der Waals surface area contributed by atoms with Crippen molar-refractivity contribution in [3.05, 3.63) is 0 Å². The van der Waals surface area contributed by atoms with E-state index >= 15 is 0 Å². The Hall–Kier alpha value is 4.31. The Balaban J connectivity index is 0. The molecule has 0 spiro atoms. The molecular weight excluding hydrogens is 296 g/mol. The minimum absolute atomic E-state index is 0. The fourth-order valence-electron chi connectivity index (χ4n) is 0. The molecule has 0 aliphatic carbocycles. The monoisotopic (exact) mass is 304 g/mol. The molecule has 0 aliphatic rings. The van der Waals surface area contributed by atoms with Gasteiger partial charge in [-0.2, -0.15) is 0 Å². The van der Waals surface area contributed by atoms with E-state index in [9.17, 15) is 0 Å². The van der Waals surface area contributed by atoms with E-state index in [1.54, 1.807) is 0 Å². The third-order valence-corrected chi connectivity index (χ3v) is 0. The summed E-state index contributed by atoms with van der Waals surface area (Å²) >= 11 is 0. The topological polar surface area (TPSA) is 0 Å². The van der Waals surface area contributed by atoms with Gasteiger partial charge in [-0.3, -0.25) is 0 Å². The van der Waals surface area contributed by atoms with Crippen LogP contribution in [-0.2, 0) is 0 Å². The van der Waals surface area contributed by atoms with Crippen LogP contribution in [0.4, 0.5) is 0 Å². The van der Waals surface area contributed by atoms with Crippen molar-refractivity contribution in [3.63, 3.8) is 0 Å². The normalized spacial score (nSPS) is 0. The van der Waals surface area contributed by atoms with E-state index in [1.165, 1.54) is 0 Å². The van der Waals surface area contributed by atoms with E-state index in [2.05, 4.69) is 0 Å². The predicted molar refractivity (Wildman–Crippen MR) is 20.7 cm³/mol. The van der Waals surface area contributed by atoms with E-state index in [1.807, 2.05) is 0 Å². The van der Waals surface area contributed by atoms with Gasteiger partial charge in [0.1, 0.15) is 0 Å². The molecule has 4 heavy (non-hydrogen) atoms. The van der Waals surface area contributed by atoms with Gasteiger partial charge in [-0.1, -0.05) is 0 Å². The van der Waals surface area contributed by atoms with Gasteiger partial charge in [0.2, 0.25) is 0 Å². The summed E-state index contributed by atoms with van der Waals surface area (Å²) in [5.41, 5.74) is 0. The van der Waals surface area contributed by atoms with Crippen molar-refractivity contribution in [1.29, 1.82) is 0 Å². The van der Waals surface area contributed by atoms with Gasteiger partial charge in [-0.15, -0.1) is 0 Å². The summed E-state index contributed by atoms with van der Waals surface area (Å²) in [5.74, 6) is 0. The van der Waals surface area contributed by atoms with E-state index < -0.39 is 0 Å². The molecule has 4 heteroatoms. The summed E-state index contributed by atoms with van der Waals surface area (Å²) in [6.07, 6.45) is 0. The van der Waals surface area contributed by atoms with Gasteiger partial charge >= 0.3 is 131 Å². The van der Waals surface area contributed by atoms with Crippen LogP contribution in [0.15, 0.2) is 0 Å². The van der Waals surface area contributed by atoms with Crippen molar-refractivity contribution in [2.24, 2.45) is 0 Å². The first-order valence-electron chi connectivity index (χ1n) is 0. The van der Waals surface area contributed by atoms with Gasteiger partial charge in [-0.05, 0) is 0 Å². The number of hydrogen-bond acceptors (Lipinski definition) is 0. The molecule has 0 unspecified atom stereocenters. The van der Waals surface area contributed by atoms with Crippen LogP contribution < -0.4 is 80.9 Å². The van der Waals surface area contributed by atoms with Crippen molar-refractivity contribution >= 4 is 49.8 Å². The Kier molecular flexibility index (Phi) is 93.7. The zero-order chi connectivity index (χ0) is 0. The Morgan fingerprint density at radius 1 is 1.25 bits per heavy atom. The molecule has 0 heterocycles. The second-order valence-electron chi connectivity index (χ2n) is 0. The molecule has 0 saturated carbocycles. The molecular formula is H7InKNaSn. The summed E-state index contributed by atoms with van der Waals surface area (Å²) < 4.78 is 0. The molecule has 0 bridgehead atoms. The summed E-state index contributed by atoms with van der Waals surface area (Å²) in [4.78, 5) is 0. The second kappa shape index (κ2) is 15.7. The molecule has 0 saturated heterocycles. The predicted octanol–water partition coefficient (Wildman–Crippen LogP) is -7.87. The number of rotatable bonds is 0. The van der Waals surface area contributed by atoms with Crippen LogP contribution in [0.2, 0.25) is 0 Å². The molecule has 0 rings (SSSR count). The maximum atomic E-state index is 0. The van der Waals surface area contributed by atoms with Crippen LogP contribution in [0.5, 0.6) is 0 Å². The number of hydrogen-bond donors (Lipinski definition) is 0. The van der Waals surface area contributed by atoms with E-state index in [-0.39, 0.29) is 134 Å². The van der Waals surface area contributed by atoms with E-state index in [0.717, 1.165) is 0 Å². The zero-order valence-electron chi connectivity index (χ0n) is 4.71. The Morgan fingerprint density at radius 3 is 1.25 bits per heavy atom. The molecule has 0 nitrogen and oxygen atoms in total. The first kappa shape index (κ1) is 23.9. The molecule has 2 radical (unpaired) electrons. The first-order valence-corrected chi connectivity index (χ1v) is 0. The van der Waals surface area contributed by atoms with Gasteiger partial charge < -0.3 is 2.85 Å². The van der Waals surface area contributed by atoms with Gasteiger partial charge in [0.25, 0.3) is 0 Å². The summed E-state index contributed by atoms with van der Waals surface area (Å²) in [7, 11) is 0. The maximum absolute atomic E-state index is 0. The van der Waals surface area contributed by atoms with Crippen LogP contribution in [0.3, 0.4) is 0 Å². The van der Waals surface area contributed by atoms with E-state index in [0.29, 0.717) is 0 Å². The van der Waals surface area contributed by atoms with Crippen LogP contribution in [0, 0.1) is 0 Å².